The summed E-state index contributed by atoms with van der Waals surface area (Å²) in [6.07, 6.45) is 8.15. The molecule has 1 aromatic carbocycles. The number of benzene rings is 1. The number of hydrogen-bond acceptors (Lipinski definition) is 4. The SMILES string of the molecule is COc1ccc2c(c1)C=C(CN1CC[C@H]3[C@H]1CCCCCN3C(C)=O)CO2. The summed E-state index contributed by atoms with van der Waals surface area (Å²) >= 11 is 0. The first-order chi connectivity index (χ1) is 13.2. The Morgan fingerprint density at radius 1 is 1.19 bits per heavy atom. The molecule has 5 heteroatoms. The summed E-state index contributed by atoms with van der Waals surface area (Å²) in [5, 5.41) is 0. The van der Waals surface area contributed by atoms with Crippen LogP contribution in [-0.2, 0) is 4.79 Å². The molecule has 5 nitrogen and oxygen atoms in total. The van der Waals surface area contributed by atoms with Crippen LogP contribution in [-0.4, -0.2) is 61.1 Å². The van der Waals surface area contributed by atoms with Gasteiger partial charge in [-0.3, -0.25) is 9.69 Å². The van der Waals surface area contributed by atoms with Crippen molar-refractivity contribution < 1.29 is 14.3 Å². The number of fused-ring (bicyclic) bond motifs is 2. The van der Waals surface area contributed by atoms with Gasteiger partial charge in [-0.15, -0.1) is 0 Å². The van der Waals surface area contributed by atoms with E-state index in [-0.39, 0.29) is 5.91 Å². The predicted octanol–water partition coefficient (Wildman–Crippen LogP) is 3.34. The summed E-state index contributed by atoms with van der Waals surface area (Å²) < 4.78 is 11.3. The summed E-state index contributed by atoms with van der Waals surface area (Å²) in [4.78, 5) is 16.9. The van der Waals surface area contributed by atoms with Gasteiger partial charge in [-0.2, -0.15) is 0 Å². The Labute approximate surface area is 161 Å². The third-order valence-corrected chi connectivity index (χ3v) is 6.22. The van der Waals surface area contributed by atoms with Gasteiger partial charge in [-0.1, -0.05) is 12.8 Å². The number of ether oxygens (including phenoxy) is 2. The van der Waals surface area contributed by atoms with Crippen molar-refractivity contribution in [1.82, 2.24) is 9.80 Å². The zero-order valence-electron chi connectivity index (χ0n) is 16.4. The first-order valence-electron chi connectivity index (χ1n) is 10.2. The van der Waals surface area contributed by atoms with E-state index >= 15 is 0 Å². The lowest BCUT2D eigenvalue weighted by atomic mass is 9.96. The van der Waals surface area contributed by atoms with Crippen LogP contribution in [0.15, 0.2) is 23.8 Å². The van der Waals surface area contributed by atoms with E-state index in [0.717, 1.165) is 49.5 Å². The molecule has 0 radical (unpaired) electrons. The summed E-state index contributed by atoms with van der Waals surface area (Å²) in [7, 11) is 1.69. The molecule has 0 bridgehead atoms. The van der Waals surface area contributed by atoms with Gasteiger partial charge < -0.3 is 14.4 Å². The molecule has 4 rings (SSSR count). The van der Waals surface area contributed by atoms with E-state index in [1.54, 1.807) is 14.0 Å². The largest absolute Gasteiger partial charge is 0.497 e. The number of nitrogens with zero attached hydrogens (tertiary/aromatic N) is 2. The Kier molecular flexibility index (Phi) is 5.39. The molecule has 1 amide bonds. The van der Waals surface area contributed by atoms with Crippen LogP contribution >= 0.6 is 0 Å². The molecule has 146 valence electrons. The van der Waals surface area contributed by atoms with Crippen molar-refractivity contribution in [1.29, 1.82) is 0 Å². The van der Waals surface area contributed by atoms with E-state index < -0.39 is 0 Å². The van der Waals surface area contributed by atoms with E-state index in [2.05, 4.69) is 15.9 Å². The number of hydrogen-bond donors (Lipinski definition) is 0. The highest BCUT2D eigenvalue weighted by atomic mass is 16.5. The molecule has 3 aliphatic rings. The highest BCUT2D eigenvalue weighted by Crippen LogP contribution is 2.33. The van der Waals surface area contributed by atoms with Crippen molar-refractivity contribution >= 4 is 12.0 Å². The summed E-state index contributed by atoms with van der Waals surface area (Å²) in [6, 6.07) is 6.80. The molecular weight excluding hydrogens is 340 g/mol. The molecule has 0 saturated carbocycles. The Balaban J connectivity index is 1.50. The van der Waals surface area contributed by atoms with E-state index in [1.807, 2.05) is 18.2 Å². The first kappa shape index (κ1) is 18.4. The number of likely N-dealkylation sites (tertiary alicyclic amines) is 2. The Hall–Kier alpha value is -2.01. The molecule has 1 aromatic rings. The molecule has 0 spiro atoms. The lowest BCUT2D eigenvalue weighted by Crippen LogP contribution is -2.49. The Morgan fingerprint density at radius 3 is 2.89 bits per heavy atom. The fourth-order valence-electron chi connectivity index (χ4n) is 4.89. The molecule has 2 fully saturated rings. The van der Waals surface area contributed by atoms with Crippen LogP contribution in [0.2, 0.25) is 0 Å². The highest BCUT2D eigenvalue weighted by molar-refractivity contribution is 5.73. The minimum atomic E-state index is 0.231. The zero-order chi connectivity index (χ0) is 18.8. The fraction of sp³-hybridized carbons (Fsp3) is 0.591. The standard InChI is InChI=1S/C22H30N2O3/c1-16(25)24-10-5-3-4-6-20-21(24)9-11-23(20)14-17-12-18-13-19(26-2)7-8-22(18)27-15-17/h7-8,12-13,20-21H,3-6,9-11,14-15H2,1-2H3/t20-,21+/m1/s1. The fourth-order valence-corrected chi connectivity index (χ4v) is 4.89. The minimum Gasteiger partial charge on any atom is -0.497 e. The predicted molar refractivity (Wildman–Crippen MR) is 106 cm³/mol. The van der Waals surface area contributed by atoms with Crippen LogP contribution in [0.3, 0.4) is 0 Å². The van der Waals surface area contributed by atoms with Gasteiger partial charge in [-0.05, 0) is 49.1 Å². The molecule has 3 heterocycles. The lowest BCUT2D eigenvalue weighted by molar-refractivity contribution is -0.132. The van der Waals surface area contributed by atoms with E-state index in [4.69, 9.17) is 9.47 Å². The van der Waals surface area contributed by atoms with Gasteiger partial charge in [-0.25, -0.2) is 0 Å². The molecule has 3 aliphatic heterocycles. The van der Waals surface area contributed by atoms with Crippen molar-refractivity contribution in [2.45, 2.75) is 51.1 Å². The molecular formula is C22H30N2O3. The second-order valence-corrected chi connectivity index (χ2v) is 7.95. The lowest BCUT2D eigenvalue weighted by Gasteiger charge is -2.37. The molecule has 0 aromatic heterocycles. The smallest absolute Gasteiger partial charge is 0.219 e. The Bertz CT molecular complexity index is 730. The quantitative estimate of drug-likeness (QED) is 0.818. The molecule has 0 N–H and O–H groups in total. The van der Waals surface area contributed by atoms with Gasteiger partial charge in [0, 0.05) is 44.2 Å². The Morgan fingerprint density at radius 2 is 2.07 bits per heavy atom. The molecule has 27 heavy (non-hydrogen) atoms. The van der Waals surface area contributed by atoms with Gasteiger partial charge in [0.2, 0.25) is 5.91 Å². The number of rotatable bonds is 3. The third kappa shape index (κ3) is 3.84. The molecule has 2 saturated heterocycles. The number of carbonyl (C=O) groups excluding carboxylic acids is 1. The molecule has 2 atom stereocenters. The maximum atomic E-state index is 12.2. The average molecular weight is 370 g/mol. The maximum absolute atomic E-state index is 12.2. The van der Waals surface area contributed by atoms with E-state index in [0.29, 0.717) is 18.7 Å². The highest BCUT2D eigenvalue weighted by Gasteiger charge is 2.39. The first-order valence-corrected chi connectivity index (χ1v) is 10.2. The summed E-state index contributed by atoms with van der Waals surface area (Å²) in [6.45, 7) is 5.26. The van der Waals surface area contributed by atoms with Crippen LogP contribution in [0.5, 0.6) is 11.5 Å². The summed E-state index contributed by atoms with van der Waals surface area (Å²) in [5.41, 5.74) is 2.39. The van der Waals surface area contributed by atoms with Crippen LogP contribution in [0, 0.1) is 0 Å². The van der Waals surface area contributed by atoms with Gasteiger partial charge in [0.15, 0.2) is 0 Å². The third-order valence-electron chi connectivity index (χ3n) is 6.22. The summed E-state index contributed by atoms with van der Waals surface area (Å²) in [5.74, 6) is 2.01. The van der Waals surface area contributed by atoms with Gasteiger partial charge in [0.25, 0.3) is 0 Å². The zero-order valence-corrected chi connectivity index (χ0v) is 16.4. The number of amides is 1. The van der Waals surface area contributed by atoms with Crippen LogP contribution in [0.4, 0.5) is 0 Å². The van der Waals surface area contributed by atoms with Crippen LogP contribution in [0.25, 0.3) is 6.08 Å². The van der Waals surface area contributed by atoms with Gasteiger partial charge >= 0.3 is 0 Å². The van der Waals surface area contributed by atoms with E-state index in [1.165, 1.54) is 24.8 Å². The van der Waals surface area contributed by atoms with Crippen molar-refractivity contribution in [3.8, 4) is 11.5 Å². The van der Waals surface area contributed by atoms with Gasteiger partial charge in [0.1, 0.15) is 18.1 Å². The van der Waals surface area contributed by atoms with E-state index in [9.17, 15) is 4.79 Å². The number of carbonyl (C=O) groups is 1. The van der Waals surface area contributed by atoms with Crippen LogP contribution < -0.4 is 9.47 Å². The molecule has 0 unspecified atom stereocenters. The second-order valence-electron chi connectivity index (χ2n) is 7.95. The van der Waals surface area contributed by atoms with Crippen molar-refractivity contribution in [2.75, 3.05) is 33.4 Å². The van der Waals surface area contributed by atoms with Gasteiger partial charge in [0.05, 0.1) is 7.11 Å². The molecule has 0 aliphatic carbocycles. The van der Waals surface area contributed by atoms with Crippen molar-refractivity contribution in [3.63, 3.8) is 0 Å². The second kappa shape index (κ2) is 7.93. The van der Waals surface area contributed by atoms with Crippen LogP contribution in [0.1, 0.15) is 44.6 Å². The number of methoxy groups -OCH3 is 1. The van der Waals surface area contributed by atoms with Crippen molar-refractivity contribution in [2.24, 2.45) is 0 Å². The normalized spacial score (nSPS) is 25.6. The maximum Gasteiger partial charge on any atom is 0.219 e. The minimum absolute atomic E-state index is 0.231. The van der Waals surface area contributed by atoms with Crippen molar-refractivity contribution in [3.05, 3.63) is 29.3 Å². The average Bonchev–Trinajstić information content (AvgIpc) is 3.02. The monoisotopic (exact) mass is 370 g/mol. The topological polar surface area (TPSA) is 42.0 Å².